The van der Waals surface area contributed by atoms with Crippen LogP contribution in [0.2, 0.25) is 0 Å². The zero-order valence-corrected chi connectivity index (χ0v) is 9.01. The van der Waals surface area contributed by atoms with Crippen LogP contribution in [0.5, 0.6) is 0 Å². The van der Waals surface area contributed by atoms with Gasteiger partial charge in [0.05, 0.1) is 6.54 Å². The van der Waals surface area contributed by atoms with E-state index >= 15 is 0 Å². The van der Waals surface area contributed by atoms with E-state index in [2.05, 4.69) is 10.3 Å². The summed E-state index contributed by atoms with van der Waals surface area (Å²) in [6, 6.07) is 3.27. The first kappa shape index (κ1) is 10.6. The number of rotatable bonds is 2. The number of nitrogens with one attached hydrogen (secondary N) is 1. The molecule has 84 valence electrons. The van der Waals surface area contributed by atoms with Gasteiger partial charge in [0.15, 0.2) is 0 Å². The first-order chi connectivity index (χ1) is 7.68. The Morgan fingerprint density at radius 3 is 2.81 bits per heavy atom. The van der Waals surface area contributed by atoms with Crippen LogP contribution in [0.4, 0.5) is 0 Å². The third-order valence-corrected chi connectivity index (χ3v) is 2.68. The predicted octanol–water partition coefficient (Wildman–Crippen LogP) is -0.0715. The Kier molecular flexibility index (Phi) is 2.85. The van der Waals surface area contributed by atoms with E-state index in [9.17, 15) is 9.59 Å². The lowest BCUT2D eigenvalue weighted by Gasteiger charge is -2.32. The summed E-state index contributed by atoms with van der Waals surface area (Å²) in [5, 5.41) is 2.55. The highest BCUT2D eigenvalue weighted by Crippen LogP contribution is 2.10. The summed E-state index contributed by atoms with van der Waals surface area (Å²) >= 11 is 0. The quantitative estimate of drug-likeness (QED) is 0.757. The first-order valence-electron chi connectivity index (χ1n) is 5.14. The zero-order valence-electron chi connectivity index (χ0n) is 9.01. The van der Waals surface area contributed by atoms with Crippen molar-refractivity contribution in [1.82, 2.24) is 15.2 Å². The first-order valence-corrected chi connectivity index (χ1v) is 5.14. The summed E-state index contributed by atoms with van der Waals surface area (Å²) in [4.78, 5) is 28.6. The lowest BCUT2D eigenvalue weighted by molar-refractivity contribution is -0.145. The summed E-state index contributed by atoms with van der Waals surface area (Å²) < 4.78 is 0. The van der Waals surface area contributed by atoms with Gasteiger partial charge in [-0.05, 0) is 24.6 Å². The van der Waals surface area contributed by atoms with Gasteiger partial charge in [0.25, 0.3) is 0 Å². The molecule has 2 rings (SSSR count). The Morgan fingerprint density at radius 1 is 1.44 bits per heavy atom. The maximum Gasteiger partial charge on any atom is 0.242 e. The van der Waals surface area contributed by atoms with E-state index in [4.69, 9.17) is 0 Å². The number of carbonyl (C=O) groups is 2. The fraction of sp³-hybridized carbons (Fsp3) is 0.364. The molecule has 0 bridgehead atoms. The smallest absolute Gasteiger partial charge is 0.242 e. The molecule has 16 heavy (non-hydrogen) atoms. The molecule has 1 aromatic heterocycles. The maximum absolute atomic E-state index is 11.7. The molecule has 1 aliphatic rings. The molecule has 0 radical (unpaired) electrons. The molecule has 0 aliphatic carbocycles. The van der Waals surface area contributed by atoms with Crippen LogP contribution in [0.15, 0.2) is 24.5 Å². The molecule has 1 aromatic rings. The van der Waals surface area contributed by atoms with Crippen molar-refractivity contribution < 1.29 is 9.59 Å². The molecule has 2 heterocycles. The topological polar surface area (TPSA) is 62.3 Å². The standard InChI is InChI=1S/C11H13N3O2/c1-8-11(16)13-6-10(15)14(8)7-9-2-4-12-5-3-9/h2-5,8H,6-7H2,1H3,(H,13,16). The molecule has 0 aromatic carbocycles. The lowest BCUT2D eigenvalue weighted by atomic mass is 10.1. The van der Waals surface area contributed by atoms with Gasteiger partial charge in [0.2, 0.25) is 11.8 Å². The normalized spacial score (nSPS) is 20.8. The van der Waals surface area contributed by atoms with Crippen molar-refractivity contribution in [3.8, 4) is 0 Å². The van der Waals surface area contributed by atoms with Crippen LogP contribution < -0.4 is 5.32 Å². The van der Waals surface area contributed by atoms with E-state index < -0.39 is 6.04 Å². The van der Waals surface area contributed by atoms with Crippen LogP contribution in [-0.2, 0) is 16.1 Å². The van der Waals surface area contributed by atoms with E-state index in [1.54, 1.807) is 24.2 Å². The van der Waals surface area contributed by atoms with Gasteiger partial charge >= 0.3 is 0 Å². The van der Waals surface area contributed by atoms with Gasteiger partial charge in [-0.15, -0.1) is 0 Å². The van der Waals surface area contributed by atoms with Crippen molar-refractivity contribution in [3.05, 3.63) is 30.1 Å². The molecule has 5 heteroatoms. The van der Waals surface area contributed by atoms with Gasteiger partial charge in [0.1, 0.15) is 6.04 Å². The minimum Gasteiger partial charge on any atom is -0.345 e. The van der Waals surface area contributed by atoms with Gasteiger partial charge in [-0.1, -0.05) is 0 Å². The number of piperazine rings is 1. The van der Waals surface area contributed by atoms with Gasteiger partial charge in [-0.25, -0.2) is 0 Å². The number of nitrogens with zero attached hydrogens (tertiary/aromatic N) is 2. The monoisotopic (exact) mass is 219 g/mol. The van der Waals surface area contributed by atoms with Crippen molar-refractivity contribution in [2.75, 3.05) is 6.54 Å². The van der Waals surface area contributed by atoms with Crippen molar-refractivity contribution in [2.24, 2.45) is 0 Å². The number of carbonyl (C=O) groups excluding carboxylic acids is 2. The molecule has 2 amide bonds. The van der Waals surface area contributed by atoms with Crippen molar-refractivity contribution in [3.63, 3.8) is 0 Å². The average molecular weight is 219 g/mol. The van der Waals surface area contributed by atoms with Crippen LogP contribution in [-0.4, -0.2) is 34.3 Å². The van der Waals surface area contributed by atoms with E-state index in [0.717, 1.165) is 5.56 Å². The third kappa shape index (κ3) is 2.03. The number of hydrogen-bond acceptors (Lipinski definition) is 3. The Hall–Kier alpha value is -1.91. The Bertz CT molecular complexity index is 405. The molecule has 1 atom stereocenters. The summed E-state index contributed by atoms with van der Waals surface area (Å²) in [5.74, 6) is -0.155. The van der Waals surface area contributed by atoms with Crippen LogP contribution in [0, 0.1) is 0 Å². The molecular formula is C11H13N3O2. The highest BCUT2D eigenvalue weighted by Gasteiger charge is 2.30. The summed E-state index contributed by atoms with van der Waals surface area (Å²) in [5.41, 5.74) is 0.977. The summed E-state index contributed by atoms with van der Waals surface area (Å²) in [6.45, 7) is 2.28. The summed E-state index contributed by atoms with van der Waals surface area (Å²) in [6.07, 6.45) is 3.35. The van der Waals surface area contributed by atoms with Crippen molar-refractivity contribution in [1.29, 1.82) is 0 Å². The molecule has 0 saturated carbocycles. The number of hydrogen-bond donors (Lipinski definition) is 1. The SMILES string of the molecule is CC1C(=O)NCC(=O)N1Cc1ccncc1. The molecule has 0 spiro atoms. The molecule has 1 unspecified atom stereocenters. The van der Waals surface area contributed by atoms with Crippen molar-refractivity contribution in [2.45, 2.75) is 19.5 Å². The molecule has 1 fully saturated rings. The minimum atomic E-state index is -0.408. The molecule has 1 N–H and O–H groups in total. The molecule has 5 nitrogen and oxygen atoms in total. The van der Waals surface area contributed by atoms with Gasteiger partial charge in [-0.2, -0.15) is 0 Å². The largest absolute Gasteiger partial charge is 0.345 e. The second kappa shape index (κ2) is 4.30. The lowest BCUT2D eigenvalue weighted by Crippen LogP contribution is -2.56. The Balaban J connectivity index is 2.13. The molecule has 1 aliphatic heterocycles. The zero-order chi connectivity index (χ0) is 11.5. The van der Waals surface area contributed by atoms with Crippen LogP contribution in [0.3, 0.4) is 0 Å². The molecular weight excluding hydrogens is 206 g/mol. The van der Waals surface area contributed by atoms with Crippen molar-refractivity contribution >= 4 is 11.8 Å². The maximum atomic E-state index is 11.7. The predicted molar refractivity (Wildman–Crippen MR) is 57.3 cm³/mol. The minimum absolute atomic E-state index is 0.0519. The van der Waals surface area contributed by atoms with Gasteiger partial charge in [-0.3, -0.25) is 14.6 Å². The fourth-order valence-corrected chi connectivity index (χ4v) is 1.68. The van der Waals surface area contributed by atoms with E-state index in [-0.39, 0.29) is 18.4 Å². The Labute approximate surface area is 93.5 Å². The number of amides is 2. The highest BCUT2D eigenvalue weighted by atomic mass is 16.2. The van der Waals surface area contributed by atoms with Crippen LogP contribution in [0.1, 0.15) is 12.5 Å². The number of aromatic nitrogens is 1. The highest BCUT2D eigenvalue weighted by molar-refractivity contribution is 5.94. The van der Waals surface area contributed by atoms with E-state index in [1.807, 2.05) is 12.1 Å². The fourth-order valence-electron chi connectivity index (χ4n) is 1.68. The molecule has 1 saturated heterocycles. The average Bonchev–Trinajstić information content (AvgIpc) is 2.31. The van der Waals surface area contributed by atoms with Gasteiger partial charge < -0.3 is 10.2 Å². The van der Waals surface area contributed by atoms with E-state index in [0.29, 0.717) is 6.54 Å². The second-order valence-electron chi connectivity index (χ2n) is 3.77. The third-order valence-electron chi connectivity index (χ3n) is 2.68. The van der Waals surface area contributed by atoms with Crippen LogP contribution >= 0.6 is 0 Å². The van der Waals surface area contributed by atoms with Gasteiger partial charge in [0, 0.05) is 18.9 Å². The summed E-state index contributed by atoms with van der Waals surface area (Å²) in [7, 11) is 0. The number of pyridine rings is 1. The van der Waals surface area contributed by atoms with E-state index in [1.165, 1.54) is 0 Å². The second-order valence-corrected chi connectivity index (χ2v) is 3.77. The van der Waals surface area contributed by atoms with Crippen LogP contribution in [0.25, 0.3) is 0 Å². The Morgan fingerprint density at radius 2 is 2.12 bits per heavy atom.